The lowest BCUT2D eigenvalue weighted by Crippen LogP contribution is -2.26. The molecule has 4 rings (SSSR count). The van der Waals surface area contributed by atoms with Crippen molar-refractivity contribution in [1.82, 2.24) is 14.0 Å². The maximum absolute atomic E-state index is 12.7. The molecular weight excluding hydrogens is 416 g/mol. The van der Waals surface area contributed by atoms with E-state index in [1.165, 1.54) is 22.6 Å². The summed E-state index contributed by atoms with van der Waals surface area (Å²) in [6, 6.07) is 14.1. The van der Waals surface area contributed by atoms with Gasteiger partial charge in [0, 0.05) is 35.8 Å². The van der Waals surface area contributed by atoms with Crippen LogP contribution >= 0.6 is 0 Å². The van der Waals surface area contributed by atoms with E-state index in [-0.39, 0.29) is 16.7 Å². The maximum Gasteiger partial charge on any atom is 0.276 e. The van der Waals surface area contributed by atoms with Crippen LogP contribution in [0.15, 0.2) is 70.8 Å². The minimum atomic E-state index is -3.50. The van der Waals surface area contributed by atoms with Crippen LogP contribution in [-0.4, -0.2) is 34.8 Å². The van der Waals surface area contributed by atoms with E-state index >= 15 is 0 Å². The summed E-state index contributed by atoms with van der Waals surface area (Å²) >= 11 is 0. The van der Waals surface area contributed by atoms with Gasteiger partial charge in [-0.05, 0) is 25.1 Å². The predicted octanol–water partition coefficient (Wildman–Crippen LogP) is 2.45. The van der Waals surface area contributed by atoms with Gasteiger partial charge in [-0.25, -0.2) is 17.8 Å². The van der Waals surface area contributed by atoms with Gasteiger partial charge >= 0.3 is 0 Å². The number of hydrogen-bond donors (Lipinski definition) is 1. The third-order valence-corrected chi connectivity index (χ3v) is 6.71. The van der Waals surface area contributed by atoms with Gasteiger partial charge in [0.1, 0.15) is 5.56 Å². The number of hydrogen-bond acceptors (Lipinski definition) is 5. The Hall–Kier alpha value is -3.72. The highest BCUT2D eigenvalue weighted by Crippen LogP contribution is 2.22. The molecule has 0 spiro atoms. The average molecular weight is 436 g/mol. The van der Waals surface area contributed by atoms with Crippen molar-refractivity contribution in [3.63, 3.8) is 0 Å². The Balaban J connectivity index is 1.67. The van der Waals surface area contributed by atoms with Crippen LogP contribution in [0.25, 0.3) is 21.8 Å². The number of pyridine rings is 1. The number of amides is 1. The summed E-state index contributed by atoms with van der Waals surface area (Å²) in [7, 11) is -1.74. The van der Waals surface area contributed by atoms with Gasteiger partial charge in [-0.2, -0.15) is 5.10 Å². The van der Waals surface area contributed by atoms with Crippen molar-refractivity contribution in [3.05, 3.63) is 82.3 Å². The number of fused-ring (bicyclic) bond motifs is 2. The second-order valence-electron chi connectivity index (χ2n) is 7.00. The second kappa shape index (κ2) is 7.84. The number of nitrogens with zero attached hydrogens (tertiary/aromatic N) is 3. The standard InChI is InChI=1S/C22H20N4O4S/c1-3-31(29,30)26-13-15(16-8-4-7-11-20(16)26)12-23-24-22(28)18-14-25(2)19-10-6-5-9-17(19)21(18)27/h4-14H,3H2,1-2H3,(H,24,28). The van der Waals surface area contributed by atoms with Crippen LogP contribution in [0.1, 0.15) is 22.8 Å². The zero-order valence-corrected chi connectivity index (χ0v) is 17.8. The lowest BCUT2D eigenvalue weighted by Gasteiger charge is -2.07. The van der Waals surface area contributed by atoms with Crippen molar-refractivity contribution >= 4 is 44.0 Å². The van der Waals surface area contributed by atoms with Crippen LogP contribution in [0.3, 0.4) is 0 Å². The van der Waals surface area contributed by atoms with Gasteiger partial charge in [-0.3, -0.25) is 9.59 Å². The van der Waals surface area contributed by atoms with Crippen LogP contribution in [-0.2, 0) is 17.1 Å². The van der Waals surface area contributed by atoms with Crippen LogP contribution in [0.5, 0.6) is 0 Å². The fourth-order valence-corrected chi connectivity index (χ4v) is 4.48. The molecule has 31 heavy (non-hydrogen) atoms. The molecule has 2 aromatic carbocycles. The number of aromatic nitrogens is 2. The lowest BCUT2D eigenvalue weighted by atomic mass is 10.1. The molecule has 2 heterocycles. The quantitative estimate of drug-likeness (QED) is 0.383. The molecule has 0 aliphatic heterocycles. The Bertz CT molecular complexity index is 1510. The molecule has 0 atom stereocenters. The average Bonchev–Trinajstić information content (AvgIpc) is 3.16. The van der Waals surface area contributed by atoms with E-state index in [2.05, 4.69) is 10.5 Å². The summed E-state index contributed by atoms with van der Waals surface area (Å²) in [6.45, 7) is 1.57. The van der Waals surface area contributed by atoms with E-state index in [1.807, 2.05) is 6.07 Å². The van der Waals surface area contributed by atoms with Crippen molar-refractivity contribution in [2.75, 3.05) is 5.75 Å². The molecule has 158 valence electrons. The molecule has 0 bridgehead atoms. The normalized spacial score (nSPS) is 12.1. The number of aryl methyl sites for hydroxylation is 1. The highest BCUT2D eigenvalue weighted by molar-refractivity contribution is 7.90. The van der Waals surface area contributed by atoms with E-state index in [4.69, 9.17) is 0 Å². The summed E-state index contributed by atoms with van der Waals surface area (Å²) in [4.78, 5) is 25.3. The van der Waals surface area contributed by atoms with Gasteiger partial charge < -0.3 is 4.57 Å². The molecule has 9 heteroatoms. The third-order valence-electron chi connectivity index (χ3n) is 5.08. The fourth-order valence-electron chi connectivity index (χ4n) is 3.47. The maximum atomic E-state index is 12.7. The first-order valence-electron chi connectivity index (χ1n) is 9.58. The summed E-state index contributed by atoms with van der Waals surface area (Å²) in [5.41, 5.74) is 3.73. The minimum Gasteiger partial charge on any atom is -0.350 e. The first kappa shape index (κ1) is 20.5. The Labute approximate surface area is 178 Å². The monoisotopic (exact) mass is 436 g/mol. The molecule has 0 saturated carbocycles. The zero-order chi connectivity index (χ0) is 22.2. The molecule has 0 saturated heterocycles. The number of para-hydroxylation sites is 2. The predicted molar refractivity (Wildman–Crippen MR) is 121 cm³/mol. The Morgan fingerprint density at radius 1 is 1.03 bits per heavy atom. The first-order chi connectivity index (χ1) is 14.8. The van der Waals surface area contributed by atoms with Crippen molar-refractivity contribution in [2.24, 2.45) is 12.1 Å². The number of carbonyl (C=O) groups is 1. The van der Waals surface area contributed by atoms with Crippen LogP contribution in [0, 0.1) is 0 Å². The Morgan fingerprint density at radius 3 is 2.39 bits per heavy atom. The number of carbonyl (C=O) groups excluding carboxylic acids is 1. The summed E-state index contributed by atoms with van der Waals surface area (Å²) < 4.78 is 27.7. The molecule has 8 nitrogen and oxygen atoms in total. The molecule has 0 aliphatic rings. The van der Waals surface area contributed by atoms with E-state index in [0.29, 0.717) is 21.9 Å². The van der Waals surface area contributed by atoms with Crippen molar-refractivity contribution in [1.29, 1.82) is 0 Å². The van der Waals surface area contributed by atoms with E-state index in [0.717, 1.165) is 5.52 Å². The molecule has 0 fully saturated rings. The van der Waals surface area contributed by atoms with Crippen LogP contribution in [0.2, 0.25) is 0 Å². The van der Waals surface area contributed by atoms with Gasteiger partial charge in [-0.1, -0.05) is 30.3 Å². The summed E-state index contributed by atoms with van der Waals surface area (Å²) in [5.74, 6) is -0.697. The number of benzene rings is 2. The first-order valence-corrected chi connectivity index (χ1v) is 11.2. The van der Waals surface area contributed by atoms with Crippen LogP contribution < -0.4 is 10.9 Å². The highest BCUT2D eigenvalue weighted by atomic mass is 32.2. The van der Waals surface area contributed by atoms with E-state index in [9.17, 15) is 18.0 Å². The van der Waals surface area contributed by atoms with Crippen molar-refractivity contribution in [3.8, 4) is 0 Å². The van der Waals surface area contributed by atoms with Crippen molar-refractivity contribution in [2.45, 2.75) is 6.92 Å². The molecule has 0 unspecified atom stereocenters. The van der Waals surface area contributed by atoms with Crippen molar-refractivity contribution < 1.29 is 13.2 Å². The third kappa shape index (κ3) is 3.64. The highest BCUT2D eigenvalue weighted by Gasteiger charge is 2.17. The number of hydrazone groups is 1. The zero-order valence-electron chi connectivity index (χ0n) is 16.9. The second-order valence-corrected chi connectivity index (χ2v) is 9.13. The Morgan fingerprint density at radius 2 is 1.68 bits per heavy atom. The van der Waals surface area contributed by atoms with Gasteiger partial charge in [0.05, 0.1) is 23.0 Å². The van der Waals surface area contributed by atoms with Gasteiger partial charge in [-0.15, -0.1) is 0 Å². The van der Waals surface area contributed by atoms with E-state index < -0.39 is 15.9 Å². The van der Waals surface area contributed by atoms with E-state index in [1.54, 1.807) is 61.0 Å². The largest absolute Gasteiger partial charge is 0.350 e. The lowest BCUT2D eigenvalue weighted by molar-refractivity contribution is 0.0953. The summed E-state index contributed by atoms with van der Waals surface area (Å²) in [6.07, 6.45) is 4.30. The fraction of sp³-hybridized carbons (Fsp3) is 0.136. The van der Waals surface area contributed by atoms with Gasteiger partial charge in [0.15, 0.2) is 0 Å². The SMILES string of the molecule is CCS(=O)(=O)n1cc(C=NNC(=O)c2cn(C)c3ccccc3c2=O)c2ccccc21. The molecule has 2 aromatic heterocycles. The van der Waals surface area contributed by atoms with Gasteiger partial charge in [0.2, 0.25) is 15.5 Å². The molecule has 0 aliphatic carbocycles. The van der Waals surface area contributed by atoms with Gasteiger partial charge in [0.25, 0.3) is 5.91 Å². The summed E-state index contributed by atoms with van der Waals surface area (Å²) in [5, 5.41) is 5.08. The Kier molecular flexibility index (Phi) is 5.20. The molecule has 1 N–H and O–H groups in total. The minimum absolute atomic E-state index is 0.0330. The number of rotatable bonds is 5. The number of nitrogens with one attached hydrogen (secondary N) is 1. The molecule has 4 aromatic rings. The topological polar surface area (TPSA) is 103 Å². The molecule has 1 amide bonds. The molecular formula is C22H20N4O4S. The van der Waals surface area contributed by atoms with Crippen LogP contribution in [0.4, 0.5) is 0 Å². The smallest absolute Gasteiger partial charge is 0.276 e. The molecule has 0 radical (unpaired) electrons.